The molecule has 1 fully saturated rings. The number of esters is 1. The molecule has 0 spiro atoms. The topological polar surface area (TPSA) is 59.8 Å². The average molecular weight is 340 g/mol. The molecule has 2 rings (SSSR count). The number of benzene rings is 1. The van der Waals surface area contributed by atoms with Gasteiger partial charge in [0, 0.05) is 10.7 Å². The van der Waals surface area contributed by atoms with E-state index in [1.807, 2.05) is 6.92 Å². The van der Waals surface area contributed by atoms with Crippen molar-refractivity contribution in [1.29, 1.82) is 0 Å². The second kappa shape index (κ2) is 8.89. The van der Waals surface area contributed by atoms with E-state index in [1.54, 1.807) is 24.3 Å². The third-order valence-electron chi connectivity index (χ3n) is 4.07. The van der Waals surface area contributed by atoms with Crippen LogP contribution in [0.3, 0.4) is 0 Å². The number of likely N-dealkylation sites (tertiary alicyclic amines) is 1. The van der Waals surface area contributed by atoms with Crippen LogP contribution in [-0.4, -0.2) is 38.1 Å². The first-order valence-electron chi connectivity index (χ1n) is 8.14. The molecule has 5 nitrogen and oxygen atoms in total. The zero-order valence-corrected chi connectivity index (χ0v) is 14.2. The van der Waals surface area contributed by atoms with Gasteiger partial charge in [0.05, 0.1) is 32.7 Å². The highest BCUT2D eigenvalue weighted by Gasteiger charge is 2.29. The third-order valence-corrected chi connectivity index (χ3v) is 4.32. The van der Waals surface area contributed by atoms with E-state index in [0.717, 1.165) is 38.2 Å². The number of rotatable bonds is 6. The number of ether oxygens (including phenoxy) is 1. The van der Waals surface area contributed by atoms with E-state index in [4.69, 9.17) is 16.3 Å². The zero-order chi connectivity index (χ0) is 16.7. The number of amides is 1. The van der Waals surface area contributed by atoms with Crippen LogP contribution in [0.4, 0.5) is 5.69 Å². The van der Waals surface area contributed by atoms with Crippen LogP contribution < -0.4 is 10.2 Å². The van der Waals surface area contributed by atoms with Crippen molar-refractivity contribution in [2.75, 3.05) is 31.6 Å². The third kappa shape index (κ3) is 5.84. The molecule has 2 N–H and O–H groups in total. The highest BCUT2D eigenvalue weighted by molar-refractivity contribution is 6.30. The number of anilines is 1. The molecule has 0 saturated carbocycles. The summed E-state index contributed by atoms with van der Waals surface area (Å²) in [6.07, 6.45) is 2.32. The molecule has 0 bridgehead atoms. The molecule has 1 unspecified atom stereocenters. The van der Waals surface area contributed by atoms with Gasteiger partial charge < -0.3 is 15.0 Å². The lowest BCUT2D eigenvalue weighted by Gasteiger charge is -2.28. The van der Waals surface area contributed by atoms with Crippen LogP contribution in [0, 0.1) is 5.92 Å². The summed E-state index contributed by atoms with van der Waals surface area (Å²) in [4.78, 5) is 25.1. The second-order valence-corrected chi connectivity index (χ2v) is 6.29. The van der Waals surface area contributed by atoms with Crippen molar-refractivity contribution in [2.24, 2.45) is 5.92 Å². The van der Waals surface area contributed by atoms with Gasteiger partial charge in [0.2, 0.25) is 5.91 Å². The van der Waals surface area contributed by atoms with Crippen molar-refractivity contribution in [3.63, 3.8) is 0 Å². The standard InChI is InChI=1S/C17H23ClN2O3/c1-2-23-17(22)13-4-3-10-20(12-13)11-9-16(21)19-15-7-5-14(18)6-8-15/h5-8,13H,2-4,9-12H2,1H3,(H,19,21)/p+1/t13-/m1/s1. The predicted molar refractivity (Wildman–Crippen MR) is 89.6 cm³/mol. The SMILES string of the molecule is CCOC(=O)[C@@H]1CCC[NH+](CCC(=O)Nc2ccc(Cl)cc2)C1. The van der Waals surface area contributed by atoms with E-state index in [-0.39, 0.29) is 17.8 Å². The fourth-order valence-electron chi connectivity index (χ4n) is 2.89. The van der Waals surface area contributed by atoms with Gasteiger partial charge in [0.25, 0.3) is 0 Å². The highest BCUT2D eigenvalue weighted by atomic mass is 35.5. The van der Waals surface area contributed by atoms with E-state index in [2.05, 4.69) is 5.32 Å². The number of quaternary nitrogens is 1. The van der Waals surface area contributed by atoms with Crippen LogP contribution >= 0.6 is 11.6 Å². The molecule has 2 atom stereocenters. The van der Waals surface area contributed by atoms with E-state index in [0.29, 0.717) is 18.1 Å². The van der Waals surface area contributed by atoms with Crippen molar-refractivity contribution in [3.05, 3.63) is 29.3 Å². The van der Waals surface area contributed by atoms with E-state index < -0.39 is 0 Å². The van der Waals surface area contributed by atoms with Crippen LogP contribution in [0.5, 0.6) is 0 Å². The van der Waals surface area contributed by atoms with Crippen molar-refractivity contribution < 1.29 is 19.2 Å². The Morgan fingerprint density at radius 3 is 2.78 bits per heavy atom. The molecule has 1 amide bonds. The summed E-state index contributed by atoms with van der Waals surface area (Å²) in [6, 6.07) is 7.06. The van der Waals surface area contributed by atoms with Gasteiger partial charge in [0.15, 0.2) is 0 Å². The van der Waals surface area contributed by atoms with Crippen LogP contribution in [0.2, 0.25) is 5.02 Å². The number of nitrogens with one attached hydrogen (secondary N) is 2. The Hall–Kier alpha value is -1.59. The van der Waals surface area contributed by atoms with E-state index in [1.165, 1.54) is 4.90 Å². The maximum atomic E-state index is 12.0. The molecule has 1 saturated heterocycles. The van der Waals surface area contributed by atoms with Gasteiger partial charge in [-0.2, -0.15) is 0 Å². The first-order valence-corrected chi connectivity index (χ1v) is 8.52. The Balaban J connectivity index is 1.75. The number of carbonyl (C=O) groups is 2. The summed E-state index contributed by atoms with van der Waals surface area (Å²) in [5, 5.41) is 3.50. The minimum Gasteiger partial charge on any atom is -0.466 e. The lowest BCUT2D eigenvalue weighted by molar-refractivity contribution is -0.906. The minimum atomic E-state index is -0.102. The lowest BCUT2D eigenvalue weighted by atomic mass is 9.98. The first kappa shape index (κ1) is 17.8. The molecular formula is C17H24ClN2O3+. The molecule has 1 aromatic rings. The van der Waals surface area contributed by atoms with Gasteiger partial charge in [-0.15, -0.1) is 0 Å². The van der Waals surface area contributed by atoms with Crippen molar-refractivity contribution >= 4 is 29.2 Å². The van der Waals surface area contributed by atoms with Gasteiger partial charge in [-0.25, -0.2) is 0 Å². The Kier molecular flexibility index (Phi) is 6.86. The molecule has 126 valence electrons. The molecule has 0 aliphatic carbocycles. The fraction of sp³-hybridized carbons (Fsp3) is 0.529. The van der Waals surface area contributed by atoms with Crippen LogP contribution in [0.25, 0.3) is 0 Å². The molecule has 1 heterocycles. The Morgan fingerprint density at radius 2 is 2.09 bits per heavy atom. The Morgan fingerprint density at radius 1 is 1.35 bits per heavy atom. The predicted octanol–water partition coefficient (Wildman–Crippen LogP) is 1.53. The lowest BCUT2D eigenvalue weighted by Crippen LogP contribution is -3.13. The summed E-state index contributed by atoms with van der Waals surface area (Å²) >= 11 is 5.82. The summed E-state index contributed by atoms with van der Waals surface area (Å²) in [6.45, 7) is 4.74. The normalized spacial score (nSPS) is 20.8. The molecule has 0 aromatic heterocycles. The van der Waals surface area contributed by atoms with Crippen molar-refractivity contribution in [3.8, 4) is 0 Å². The summed E-state index contributed by atoms with van der Waals surface area (Å²) in [7, 11) is 0. The van der Waals surface area contributed by atoms with Gasteiger partial charge in [-0.3, -0.25) is 9.59 Å². The van der Waals surface area contributed by atoms with E-state index in [9.17, 15) is 9.59 Å². The molecular weight excluding hydrogens is 316 g/mol. The number of hydrogen-bond donors (Lipinski definition) is 2. The van der Waals surface area contributed by atoms with Crippen LogP contribution in [0.1, 0.15) is 26.2 Å². The monoisotopic (exact) mass is 339 g/mol. The highest BCUT2D eigenvalue weighted by Crippen LogP contribution is 2.13. The van der Waals surface area contributed by atoms with Crippen LogP contribution in [0.15, 0.2) is 24.3 Å². The number of carbonyl (C=O) groups excluding carboxylic acids is 2. The molecule has 1 aliphatic heterocycles. The molecule has 0 radical (unpaired) electrons. The quantitative estimate of drug-likeness (QED) is 0.773. The summed E-state index contributed by atoms with van der Waals surface area (Å²) in [5.41, 5.74) is 0.748. The Bertz CT molecular complexity index is 533. The minimum absolute atomic E-state index is 0.0157. The number of hydrogen-bond acceptors (Lipinski definition) is 3. The molecule has 6 heteroatoms. The fourth-order valence-corrected chi connectivity index (χ4v) is 3.01. The van der Waals surface area contributed by atoms with Crippen molar-refractivity contribution in [2.45, 2.75) is 26.2 Å². The number of halogens is 1. The molecule has 1 aromatic carbocycles. The van der Waals surface area contributed by atoms with Crippen LogP contribution in [-0.2, 0) is 14.3 Å². The average Bonchev–Trinajstić information content (AvgIpc) is 2.56. The van der Waals surface area contributed by atoms with E-state index >= 15 is 0 Å². The Labute approximate surface area is 141 Å². The van der Waals surface area contributed by atoms with Gasteiger partial charge in [0.1, 0.15) is 5.92 Å². The summed E-state index contributed by atoms with van der Waals surface area (Å²) < 4.78 is 5.10. The van der Waals surface area contributed by atoms with Gasteiger partial charge >= 0.3 is 5.97 Å². The number of piperidine rings is 1. The molecule has 1 aliphatic rings. The van der Waals surface area contributed by atoms with Gasteiger partial charge in [-0.05, 0) is 44.0 Å². The van der Waals surface area contributed by atoms with Crippen molar-refractivity contribution in [1.82, 2.24) is 0 Å². The first-order chi connectivity index (χ1) is 11.1. The smallest absolute Gasteiger partial charge is 0.314 e. The second-order valence-electron chi connectivity index (χ2n) is 5.85. The van der Waals surface area contributed by atoms with Gasteiger partial charge in [-0.1, -0.05) is 11.6 Å². The largest absolute Gasteiger partial charge is 0.466 e. The zero-order valence-electron chi connectivity index (χ0n) is 13.4. The maximum absolute atomic E-state index is 12.0. The maximum Gasteiger partial charge on any atom is 0.314 e. The summed E-state index contributed by atoms with van der Waals surface area (Å²) in [5.74, 6) is -0.147. The molecule has 23 heavy (non-hydrogen) atoms.